The molecule has 0 saturated carbocycles. The fraction of sp³-hybridized carbons (Fsp3) is 0.545. The summed E-state index contributed by atoms with van der Waals surface area (Å²) < 4.78 is 0. The van der Waals surface area contributed by atoms with E-state index in [1.165, 1.54) is 10.4 Å². The summed E-state index contributed by atoms with van der Waals surface area (Å²) in [6, 6.07) is 2.10. The van der Waals surface area contributed by atoms with E-state index in [1.54, 1.807) is 11.3 Å². The highest BCUT2D eigenvalue weighted by atomic mass is 32.1. The summed E-state index contributed by atoms with van der Waals surface area (Å²) in [6.45, 7) is 5.63. The summed E-state index contributed by atoms with van der Waals surface area (Å²) in [5.74, 6) is -0.542. The molecule has 0 aliphatic carbocycles. The lowest BCUT2D eigenvalue weighted by Gasteiger charge is -2.09. The maximum atomic E-state index is 10.4. The zero-order chi connectivity index (χ0) is 11.3. The third kappa shape index (κ3) is 4.44. The van der Waals surface area contributed by atoms with Gasteiger partial charge in [-0.25, -0.2) is 0 Å². The number of hydrogen-bond acceptors (Lipinski definition) is 3. The first kappa shape index (κ1) is 12.2. The first-order valence-electron chi connectivity index (χ1n) is 5.05. The van der Waals surface area contributed by atoms with E-state index < -0.39 is 5.97 Å². The average Bonchev–Trinajstić information content (AvgIpc) is 2.50. The molecule has 0 aliphatic heterocycles. The van der Waals surface area contributed by atoms with E-state index in [4.69, 9.17) is 5.11 Å². The van der Waals surface area contributed by atoms with Crippen LogP contribution in [0.5, 0.6) is 0 Å². The molecule has 84 valence electrons. The predicted octanol–water partition coefficient (Wildman–Crippen LogP) is 2.26. The van der Waals surface area contributed by atoms with Crippen molar-refractivity contribution in [1.29, 1.82) is 0 Å². The Labute approximate surface area is 94.1 Å². The van der Waals surface area contributed by atoms with Crippen LogP contribution in [0.2, 0.25) is 0 Å². The zero-order valence-electron chi connectivity index (χ0n) is 9.12. The number of aliphatic carboxylic acids is 1. The molecular formula is C11H17NO2S. The van der Waals surface area contributed by atoms with Crippen LogP contribution in [0.3, 0.4) is 0 Å². The lowest BCUT2D eigenvalue weighted by Crippen LogP contribution is -2.22. The maximum Gasteiger partial charge on any atom is 0.303 e. The molecule has 1 atom stereocenters. The molecule has 2 N–H and O–H groups in total. The second-order valence-corrected chi connectivity index (χ2v) is 4.86. The number of aryl methyl sites for hydroxylation is 1. The van der Waals surface area contributed by atoms with E-state index in [0.29, 0.717) is 0 Å². The maximum absolute atomic E-state index is 10.4. The lowest BCUT2D eigenvalue weighted by atomic mass is 10.1. The van der Waals surface area contributed by atoms with Crippen molar-refractivity contribution in [3.05, 3.63) is 21.9 Å². The highest BCUT2D eigenvalue weighted by molar-refractivity contribution is 7.10. The fourth-order valence-electron chi connectivity index (χ4n) is 1.39. The van der Waals surface area contributed by atoms with E-state index in [1.807, 2.05) is 6.92 Å². The van der Waals surface area contributed by atoms with Gasteiger partial charge in [0.2, 0.25) is 0 Å². The van der Waals surface area contributed by atoms with E-state index in [-0.39, 0.29) is 12.3 Å². The molecule has 0 aromatic carbocycles. The molecule has 1 aromatic rings. The molecule has 0 aliphatic rings. The molecule has 4 heteroatoms. The van der Waals surface area contributed by atoms with Crippen molar-refractivity contribution in [1.82, 2.24) is 5.32 Å². The van der Waals surface area contributed by atoms with Gasteiger partial charge in [-0.15, -0.1) is 11.3 Å². The van der Waals surface area contributed by atoms with Crippen LogP contribution in [0, 0.1) is 12.8 Å². The highest BCUT2D eigenvalue weighted by Crippen LogP contribution is 2.14. The van der Waals surface area contributed by atoms with Gasteiger partial charge in [0.15, 0.2) is 0 Å². The minimum absolute atomic E-state index is 0.183. The number of thiophene rings is 1. The molecule has 0 bridgehead atoms. The molecule has 1 unspecified atom stereocenters. The van der Waals surface area contributed by atoms with Crippen molar-refractivity contribution in [3.63, 3.8) is 0 Å². The van der Waals surface area contributed by atoms with Gasteiger partial charge in [-0.2, -0.15) is 0 Å². The zero-order valence-corrected chi connectivity index (χ0v) is 9.93. The highest BCUT2D eigenvalue weighted by Gasteiger charge is 2.07. The van der Waals surface area contributed by atoms with Crippen molar-refractivity contribution in [2.45, 2.75) is 26.8 Å². The Bertz CT molecular complexity index is 322. The Morgan fingerprint density at radius 1 is 1.67 bits per heavy atom. The van der Waals surface area contributed by atoms with Crippen LogP contribution in [-0.2, 0) is 11.3 Å². The minimum Gasteiger partial charge on any atom is -0.481 e. The van der Waals surface area contributed by atoms with Crippen molar-refractivity contribution >= 4 is 17.3 Å². The molecule has 0 spiro atoms. The molecule has 1 rings (SSSR count). The second-order valence-electron chi connectivity index (χ2n) is 3.86. The molecule has 1 aromatic heterocycles. The Balaban J connectivity index is 2.22. The summed E-state index contributed by atoms with van der Waals surface area (Å²) in [5.41, 5.74) is 1.30. The van der Waals surface area contributed by atoms with Crippen molar-refractivity contribution in [2.75, 3.05) is 6.54 Å². The second kappa shape index (κ2) is 5.88. The number of carboxylic acids is 1. The van der Waals surface area contributed by atoms with Crippen LogP contribution >= 0.6 is 11.3 Å². The van der Waals surface area contributed by atoms with Crippen molar-refractivity contribution in [3.8, 4) is 0 Å². The van der Waals surface area contributed by atoms with Gasteiger partial charge >= 0.3 is 5.97 Å². The predicted molar refractivity (Wildman–Crippen MR) is 62.2 cm³/mol. The van der Waals surface area contributed by atoms with Crippen molar-refractivity contribution in [2.24, 2.45) is 5.92 Å². The van der Waals surface area contributed by atoms with Gasteiger partial charge in [-0.3, -0.25) is 4.79 Å². The SMILES string of the molecule is Cc1ccsc1CNCC(C)CC(=O)O. The van der Waals surface area contributed by atoms with Gasteiger partial charge in [0.05, 0.1) is 0 Å². The van der Waals surface area contributed by atoms with E-state index in [0.717, 1.165) is 13.1 Å². The lowest BCUT2D eigenvalue weighted by molar-refractivity contribution is -0.137. The molecule has 0 fully saturated rings. The fourth-order valence-corrected chi connectivity index (χ4v) is 2.26. The first-order chi connectivity index (χ1) is 7.09. The average molecular weight is 227 g/mol. The Morgan fingerprint density at radius 3 is 2.93 bits per heavy atom. The van der Waals surface area contributed by atoms with Gasteiger partial charge in [0.25, 0.3) is 0 Å². The number of carboxylic acid groups (broad SMARTS) is 1. The van der Waals surface area contributed by atoms with Crippen LogP contribution in [-0.4, -0.2) is 17.6 Å². The summed E-state index contributed by atoms with van der Waals surface area (Å²) in [7, 11) is 0. The largest absolute Gasteiger partial charge is 0.481 e. The standard InChI is InChI=1S/C11H17NO2S/c1-8(5-11(13)14)6-12-7-10-9(2)3-4-15-10/h3-4,8,12H,5-7H2,1-2H3,(H,13,14). The van der Waals surface area contributed by atoms with Gasteiger partial charge < -0.3 is 10.4 Å². The molecule has 1 heterocycles. The van der Waals surface area contributed by atoms with Gasteiger partial charge in [-0.1, -0.05) is 6.92 Å². The smallest absolute Gasteiger partial charge is 0.303 e. The molecule has 0 saturated heterocycles. The van der Waals surface area contributed by atoms with Gasteiger partial charge in [0.1, 0.15) is 0 Å². The minimum atomic E-state index is -0.725. The molecule has 15 heavy (non-hydrogen) atoms. The van der Waals surface area contributed by atoms with Crippen LogP contribution in [0.25, 0.3) is 0 Å². The van der Waals surface area contributed by atoms with Crippen LogP contribution in [0.15, 0.2) is 11.4 Å². The Morgan fingerprint density at radius 2 is 2.40 bits per heavy atom. The number of nitrogens with one attached hydrogen (secondary N) is 1. The number of carbonyl (C=O) groups is 1. The van der Waals surface area contributed by atoms with E-state index in [9.17, 15) is 4.79 Å². The Kier molecular flexibility index (Phi) is 4.78. The van der Waals surface area contributed by atoms with Crippen molar-refractivity contribution < 1.29 is 9.90 Å². The molecule has 0 radical (unpaired) electrons. The Hall–Kier alpha value is -0.870. The third-order valence-corrected chi connectivity index (χ3v) is 3.29. The summed E-state index contributed by atoms with van der Waals surface area (Å²) in [4.78, 5) is 11.8. The number of rotatable bonds is 6. The summed E-state index contributed by atoms with van der Waals surface area (Å²) >= 11 is 1.74. The van der Waals surface area contributed by atoms with E-state index in [2.05, 4.69) is 23.7 Å². The van der Waals surface area contributed by atoms with Gasteiger partial charge in [0, 0.05) is 17.8 Å². The van der Waals surface area contributed by atoms with Crippen LogP contribution in [0.4, 0.5) is 0 Å². The molecular weight excluding hydrogens is 210 g/mol. The molecule has 3 nitrogen and oxygen atoms in total. The first-order valence-corrected chi connectivity index (χ1v) is 5.93. The molecule has 0 amide bonds. The summed E-state index contributed by atoms with van der Waals surface area (Å²) in [5, 5.41) is 13.9. The van der Waals surface area contributed by atoms with Gasteiger partial charge in [-0.05, 0) is 36.4 Å². The van der Waals surface area contributed by atoms with Crippen LogP contribution < -0.4 is 5.32 Å². The quantitative estimate of drug-likeness (QED) is 0.783. The normalized spacial score (nSPS) is 12.7. The number of hydrogen-bond donors (Lipinski definition) is 2. The van der Waals surface area contributed by atoms with E-state index >= 15 is 0 Å². The van der Waals surface area contributed by atoms with Crippen LogP contribution in [0.1, 0.15) is 23.8 Å². The topological polar surface area (TPSA) is 49.3 Å². The monoisotopic (exact) mass is 227 g/mol. The summed E-state index contributed by atoms with van der Waals surface area (Å²) in [6.07, 6.45) is 0.233. The third-order valence-electron chi connectivity index (χ3n) is 2.27.